The first-order valence-electron chi connectivity index (χ1n) is 7.05. The van der Waals surface area contributed by atoms with Gasteiger partial charge in [0.2, 0.25) is 5.82 Å². The number of hydrogen-bond donors (Lipinski definition) is 0. The fraction of sp³-hybridized carbons (Fsp3) is 0.125. The second-order valence-electron chi connectivity index (χ2n) is 4.95. The molecule has 0 aliphatic rings. The summed E-state index contributed by atoms with van der Waals surface area (Å²) in [7, 11) is 0. The van der Waals surface area contributed by atoms with Gasteiger partial charge in [0.1, 0.15) is 18.2 Å². The van der Waals surface area contributed by atoms with Gasteiger partial charge in [0.25, 0.3) is 0 Å². The molecule has 122 valence electrons. The minimum absolute atomic E-state index is 0.299. The van der Waals surface area contributed by atoms with E-state index in [1.165, 1.54) is 16.9 Å². The molecule has 0 aliphatic carbocycles. The van der Waals surface area contributed by atoms with E-state index in [9.17, 15) is 14.3 Å². The summed E-state index contributed by atoms with van der Waals surface area (Å²) in [6, 6.07) is 12.7. The molecule has 0 saturated heterocycles. The van der Waals surface area contributed by atoms with Crippen molar-refractivity contribution in [1.29, 1.82) is 0 Å². The van der Waals surface area contributed by atoms with Gasteiger partial charge in [-0.3, -0.25) is 0 Å². The summed E-state index contributed by atoms with van der Waals surface area (Å²) in [6.07, 6.45) is 0. The number of aromatic nitrogens is 4. The maximum atomic E-state index is 12.9. The molecule has 1 aromatic heterocycles. The smallest absolute Gasteiger partial charge is 0.204 e. The first-order chi connectivity index (χ1) is 11.6. The van der Waals surface area contributed by atoms with E-state index in [4.69, 9.17) is 4.74 Å². The average Bonchev–Trinajstić information content (AvgIpc) is 3.04. The predicted octanol–water partition coefficient (Wildman–Crippen LogP) is 0.656. The first kappa shape index (κ1) is 15.6. The molecule has 7 nitrogen and oxygen atoms in total. The SMILES string of the molecule is O=C([O-])COc1ccc(-c2nnn(Cc3ccc(F)cc3)n2)cc1. The normalized spacial score (nSPS) is 10.5. The van der Waals surface area contributed by atoms with Gasteiger partial charge in [0.05, 0.1) is 12.5 Å². The highest BCUT2D eigenvalue weighted by Gasteiger charge is 2.07. The fourth-order valence-corrected chi connectivity index (χ4v) is 2.02. The number of ether oxygens (including phenoxy) is 1. The summed E-state index contributed by atoms with van der Waals surface area (Å²) in [5.41, 5.74) is 1.56. The molecule has 0 N–H and O–H groups in total. The number of aliphatic carboxylic acids is 1. The molecule has 3 rings (SSSR count). The maximum absolute atomic E-state index is 12.9. The predicted molar refractivity (Wildman–Crippen MR) is 79.3 cm³/mol. The van der Waals surface area contributed by atoms with Crippen LogP contribution >= 0.6 is 0 Å². The Balaban J connectivity index is 1.68. The van der Waals surface area contributed by atoms with Crippen LogP contribution in [0.5, 0.6) is 5.75 Å². The summed E-state index contributed by atoms with van der Waals surface area (Å²) in [5, 5.41) is 22.5. The number of carboxylic acid groups (broad SMARTS) is 1. The average molecular weight is 327 g/mol. The molecule has 0 fully saturated rings. The zero-order valence-corrected chi connectivity index (χ0v) is 12.4. The molecule has 0 unspecified atom stereocenters. The van der Waals surface area contributed by atoms with Crippen molar-refractivity contribution < 1.29 is 19.0 Å². The van der Waals surface area contributed by atoms with E-state index in [0.717, 1.165) is 5.56 Å². The van der Waals surface area contributed by atoms with Crippen LogP contribution in [0.1, 0.15) is 5.56 Å². The third-order valence-corrected chi connectivity index (χ3v) is 3.16. The van der Waals surface area contributed by atoms with Crippen LogP contribution in [0.25, 0.3) is 11.4 Å². The van der Waals surface area contributed by atoms with E-state index < -0.39 is 12.6 Å². The van der Waals surface area contributed by atoms with E-state index in [2.05, 4.69) is 15.4 Å². The number of hydrogen-bond acceptors (Lipinski definition) is 6. The quantitative estimate of drug-likeness (QED) is 0.660. The van der Waals surface area contributed by atoms with Crippen LogP contribution in [-0.4, -0.2) is 32.8 Å². The Morgan fingerprint density at radius 2 is 1.83 bits per heavy atom. The Labute approximate surface area is 136 Å². The Morgan fingerprint density at radius 3 is 2.50 bits per heavy atom. The summed E-state index contributed by atoms with van der Waals surface area (Å²) < 4.78 is 17.9. The molecule has 0 atom stereocenters. The second kappa shape index (κ2) is 6.86. The molecule has 24 heavy (non-hydrogen) atoms. The highest BCUT2D eigenvalue weighted by molar-refractivity contribution is 5.66. The number of benzene rings is 2. The highest BCUT2D eigenvalue weighted by Crippen LogP contribution is 2.18. The molecule has 8 heteroatoms. The van der Waals surface area contributed by atoms with Crippen molar-refractivity contribution in [2.75, 3.05) is 6.61 Å². The molecular formula is C16H12FN4O3-. The topological polar surface area (TPSA) is 93.0 Å². The molecule has 0 saturated carbocycles. The third-order valence-electron chi connectivity index (χ3n) is 3.16. The highest BCUT2D eigenvalue weighted by atomic mass is 19.1. The monoisotopic (exact) mass is 327 g/mol. The molecule has 0 spiro atoms. The lowest BCUT2D eigenvalue weighted by atomic mass is 10.2. The van der Waals surface area contributed by atoms with Gasteiger partial charge < -0.3 is 14.6 Å². The van der Waals surface area contributed by atoms with Crippen molar-refractivity contribution >= 4 is 5.97 Å². The van der Waals surface area contributed by atoms with Gasteiger partial charge in [0.15, 0.2) is 0 Å². The van der Waals surface area contributed by atoms with Crippen LogP contribution in [-0.2, 0) is 11.3 Å². The van der Waals surface area contributed by atoms with Crippen LogP contribution in [0.4, 0.5) is 4.39 Å². The summed E-state index contributed by atoms with van der Waals surface area (Å²) >= 11 is 0. The Hall–Kier alpha value is -3.29. The zero-order chi connectivity index (χ0) is 16.9. The molecule has 0 aliphatic heterocycles. The van der Waals surface area contributed by atoms with E-state index in [1.807, 2.05) is 0 Å². The van der Waals surface area contributed by atoms with Crippen molar-refractivity contribution in [3.05, 3.63) is 59.9 Å². The van der Waals surface area contributed by atoms with Crippen molar-refractivity contribution in [2.24, 2.45) is 0 Å². The Kier molecular flexibility index (Phi) is 4.46. The minimum Gasteiger partial charge on any atom is -0.546 e. The molecule has 1 heterocycles. The van der Waals surface area contributed by atoms with Crippen molar-refractivity contribution in [1.82, 2.24) is 20.2 Å². The molecule has 0 radical (unpaired) electrons. The Bertz CT molecular complexity index is 831. The number of rotatable bonds is 6. The fourth-order valence-electron chi connectivity index (χ4n) is 2.02. The van der Waals surface area contributed by atoms with Gasteiger partial charge in [-0.2, -0.15) is 4.80 Å². The lowest BCUT2D eigenvalue weighted by molar-refractivity contribution is -0.307. The second-order valence-corrected chi connectivity index (χ2v) is 4.95. The molecular weight excluding hydrogens is 315 g/mol. The summed E-state index contributed by atoms with van der Waals surface area (Å²) in [4.78, 5) is 11.8. The van der Waals surface area contributed by atoms with Crippen LogP contribution in [0.2, 0.25) is 0 Å². The number of halogens is 1. The van der Waals surface area contributed by atoms with Crippen molar-refractivity contribution in [2.45, 2.75) is 6.54 Å². The van der Waals surface area contributed by atoms with Crippen LogP contribution in [0, 0.1) is 5.82 Å². The number of tetrazole rings is 1. The van der Waals surface area contributed by atoms with Crippen LogP contribution in [0.15, 0.2) is 48.5 Å². The van der Waals surface area contributed by atoms with Gasteiger partial charge >= 0.3 is 0 Å². The van der Waals surface area contributed by atoms with Crippen LogP contribution < -0.4 is 9.84 Å². The zero-order valence-electron chi connectivity index (χ0n) is 12.4. The van der Waals surface area contributed by atoms with Crippen molar-refractivity contribution in [3.8, 4) is 17.1 Å². The van der Waals surface area contributed by atoms with E-state index >= 15 is 0 Å². The van der Waals surface area contributed by atoms with Crippen LogP contribution in [0.3, 0.4) is 0 Å². The lowest BCUT2D eigenvalue weighted by Crippen LogP contribution is -2.28. The van der Waals surface area contributed by atoms with Gasteiger partial charge in [-0.15, -0.1) is 10.2 Å². The van der Waals surface area contributed by atoms with Gasteiger partial charge in [-0.1, -0.05) is 12.1 Å². The Morgan fingerprint density at radius 1 is 1.12 bits per heavy atom. The molecule has 3 aromatic rings. The van der Waals surface area contributed by atoms with E-state index in [1.54, 1.807) is 36.4 Å². The number of carbonyl (C=O) groups excluding carboxylic acids is 1. The molecule has 0 bridgehead atoms. The molecule has 0 amide bonds. The summed E-state index contributed by atoms with van der Waals surface area (Å²) in [6.45, 7) is -0.133. The van der Waals surface area contributed by atoms with Gasteiger partial charge in [-0.25, -0.2) is 4.39 Å². The number of nitrogens with zero attached hydrogens (tertiary/aromatic N) is 4. The number of carbonyl (C=O) groups is 1. The maximum Gasteiger partial charge on any atom is 0.204 e. The first-order valence-corrected chi connectivity index (χ1v) is 7.05. The van der Waals surface area contributed by atoms with E-state index in [-0.39, 0.29) is 5.82 Å². The molecule has 2 aromatic carbocycles. The minimum atomic E-state index is -1.29. The van der Waals surface area contributed by atoms with Gasteiger partial charge in [0, 0.05) is 5.56 Å². The van der Waals surface area contributed by atoms with E-state index in [0.29, 0.717) is 23.7 Å². The largest absolute Gasteiger partial charge is 0.546 e. The van der Waals surface area contributed by atoms with Gasteiger partial charge in [-0.05, 0) is 47.2 Å². The van der Waals surface area contributed by atoms with Crippen molar-refractivity contribution in [3.63, 3.8) is 0 Å². The number of carboxylic acids is 1. The lowest BCUT2D eigenvalue weighted by Gasteiger charge is -2.06. The third kappa shape index (κ3) is 3.92. The standard InChI is InChI=1S/C16H13FN4O3/c17-13-5-1-11(2-6-13)9-21-19-16(18-20-21)12-3-7-14(8-4-12)24-10-15(22)23/h1-8H,9-10H2,(H,22,23)/p-1. The summed E-state index contributed by atoms with van der Waals surface area (Å²) in [5.74, 6) is -0.762.